The number of carbonyl (C=O) groups is 1. The van der Waals surface area contributed by atoms with E-state index in [0.717, 1.165) is 6.26 Å². The van der Waals surface area contributed by atoms with Gasteiger partial charge in [0.25, 0.3) is 0 Å². The van der Waals surface area contributed by atoms with Crippen LogP contribution in [0.2, 0.25) is 0 Å². The van der Waals surface area contributed by atoms with E-state index in [9.17, 15) is 22.4 Å². The zero-order valence-corrected chi connectivity index (χ0v) is 9.71. The first-order valence-electron chi connectivity index (χ1n) is 4.17. The summed E-state index contributed by atoms with van der Waals surface area (Å²) in [7, 11) is 0.703. The minimum Gasteiger partial charge on any atom is -0.461 e. The van der Waals surface area contributed by atoms with E-state index in [1.54, 1.807) is 0 Å². The molecule has 0 aromatic heterocycles. The molecule has 0 bridgehead atoms. The van der Waals surface area contributed by atoms with Crippen molar-refractivity contribution in [3.05, 3.63) is 10.6 Å². The zero-order valence-electron chi connectivity index (χ0n) is 8.89. The zero-order chi connectivity index (χ0) is 12.9. The van der Waals surface area contributed by atoms with Crippen LogP contribution in [0.25, 0.3) is 0 Å². The van der Waals surface area contributed by atoms with Crippen LogP contribution in [-0.4, -0.2) is 37.2 Å². The molecule has 0 saturated carbocycles. The molecule has 0 aromatic carbocycles. The fourth-order valence-electron chi connectivity index (χ4n) is 0.905. The highest BCUT2D eigenvalue weighted by Crippen LogP contribution is 2.36. The Kier molecular flexibility index (Phi) is 5.63. The van der Waals surface area contributed by atoms with Gasteiger partial charge in [0, 0.05) is 7.05 Å². The maximum Gasteiger partial charge on any atom is 0.424 e. The summed E-state index contributed by atoms with van der Waals surface area (Å²) in [4.78, 5) is 9.83. The maximum atomic E-state index is 12.9. The number of likely N-dealkylation sites (N-methyl/N-ethyl adjacent to an activating group) is 1. The molecule has 0 atom stereocenters. The molecule has 0 aromatic rings. The predicted octanol–water partition coefficient (Wildman–Crippen LogP) is 2.50. The van der Waals surface area contributed by atoms with Crippen molar-refractivity contribution in [3.8, 4) is 0 Å². The van der Waals surface area contributed by atoms with Crippen molar-refractivity contribution in [2.24, 2.45) is 0 Å². The van der Waals surface area contributed by atoms with Gasteiger partial charge in [-0.2, -0.15) is 13.2 Å². The van der Waals surface area contributed by atoms with Crippen LogP contribution in [0, 0.1) is 0 Å². The van der Waals surface area contributed by atoms with Crippen LogP contribution in [0.1, 0.15) is 6.92 Å². The van der Waals surface area contributed by atoms with Crippen LogP contribution < -0.4 is 0 Å². The summed E-state index contributed by atoms with van der Waals surface area (Å²) in [5.41, 5.74) is -1.14. The third kappa shape index (κ3) is 3.92. The van der Waals surface area contributed by atoms with Gasteiger partial charge in [-0.05, 0) is 13.2 Å². The summed E-state index contributed by atoms with van der Waals surface area (Å²) >= 11 is 0.240. The molecule has 0 radical (unpaired) electrons. The second-order valence-electron chi connectivity index (χ2n) is 2.58. The van der Waals surface area contributed by atoms with Crippen molar-refractivity contribution in [1.82, 2.24) is 5.12 Å². The Morgan fingerprint density at radius 2 is 1.94 bits per heavy atom. The van der Waals surface area contributed by atoms with Crippen molar-refractivity contribution in [2.45, 2.75) is 13.1 Å². The highest BCUT2D eigenvalue weighted by Gasteiger charge is 2.40. The average Bonchev–Trinajstić information content (AvgIpc) is 2.11. The molecule has 0 spiro atoms. The summed E-state index contributed by atoms with van der Waals surface area (Å²) in [5.74, 6) is -1.34. The second-order valence-corrected chi connectivity index (χ2v) is 3.39. The van der Waals surface area contributed by atoms with Gasteiger partial charge in [0.15, 0.2) is 5.70 Å². The lowest BCUT2D eigenvalue weighted by atomic mass is 10.4. The van der Waals surface area contributed by atoms with Crippen molar-refractivity contribution in [3.63, 3.8) is 0 Å². The van der Waals surface area contributed by atoms with E-state index in [2.05, 4.69) is 4.74 Å². The summed E-state index contributed by atoms with van der Waals surface area (Å²) in [6, 6.07) is 0. The van der Waals surface area contributed by atoms with E-state index < -0.39 is 27.9 Å². The number of esters is 1. The fraction of sp³-hybridized carbons (Fsp3) is 0.625. The lowest BCUT2D eigenvalue weighted by Crippen LogP contribution is -2.25. The Labute approximate surface area is 94.4 Å². The number of nitrogens with zero attached hydrogens (tertiary/aromatic N) is 1. The number of hydrogen-bond donors (Lipinski definition) is 0. The van der Waals surface area contributed by atoms with E-state index in [0.29, 0.717) is 7.05 Å². The standard InChI is InChI=1S/C8H11F4NO2S/c1-4-15-7(14)5(13(2)12)6(16-3)8(9,10)11/h4H2,1-3H3/b6-5-. The molecule has 0 unspecified atom stereocenters. The SMILES string of the molecule is CCOC(=O)/C(=C(/SC)C(F)(F)F)N(C)F. The minimum atomic E-state index is -4.79. The average molecular weight is 261 g/mol. The summed E-state index contributed by atoms with van der Waals surface area (Å²) in [6.07, 6.45) is -3.69. The predicted molar refractivity (Wildman–Crippen MR) is 52.1 cm³/mol. The smallest absolute Gasteiger partial charge is 0.424 e. The second kappa shape index (κ2) is 5.97. The van der Waals surface area contributed by atoms with Gasteiger partial charge in [-0.3, -0.25) is 0 Å². The van der Waals surface area contributed by atoms with E-state index in [1.165, 1.54) is 6.92 Å². The van der Waals surface area contributed by atoms with Gasteiger partial charge in [0.05, 0.1) is 6.61 Å². The van der Waals surface area contributed by atoms with Gasteiger partial charge < -0.3 is 4.74 Å². The first-order valence-corrected chi connectivity index (χ1v) is 5.40. The van der Waals surface area contributed by atoms with Crippen molar-refractivity contribution in [2.75, 3.05) is 19.9 Å². The number of alkyl halides is 3. The largest absolute Gasteiger partial charge is 0.461 e. The van der Waals surface area contributed by atoms with E-state index in [-0.39, 0.29) is 18.4 Å². The van der Waals surface area contributed by atoms with Gasteiger partial charge >= 0.3 is 12.1 Å². The molecule has 0 fully saturated rings. The third-order valence-corrected chi connectivity index (χ3v) is 2.29. The topological polar surface area (TPSA) is 29.5 Å². The molecule has 8 heteroatoms. The van der Waals surface area contributed by atoms with Crippen LogP contribution in [0.15, 0.2) is 10.6 Å². The van der Waals surface area contributed by atoms with Gasteiger partial charge in [-0.25, -0.2) is 9.92 Å². The molecule has 0 N–H and O–H groups in total. The van der Waals surface area contributed by atoms with Crippen LogP contribution in [0.4, 0.5) is 17.7 Å². The monoisotopic (exact) mass is 261 g/mol. The maximum absolute atomic E-state index is 12.9. The lowest BCUT2D eigenvalue weighted by molar-refractivity contribution is -0.144. The first kappa shape index (κ1) is 15.1. The Bertz CT molecular complexity index is 288. The molecular formula is C8H11F4NO2S. The number of thioether (sulfide) groups is 1. The van der Waals surface area contributed by atoms with Crippen LogP contribution in [0.5, 0.6) is 0 Å². The highest BCUT2D eigenvalue weighted by atomic mass is 32.2. The molecule has 0 aliphatic heterocycles. The third-order valence-electron chi connectivity index (χ3n) is 1.45. The Morgan fingerprint density at radius 3 is 2.19 bits per heavy atom. The number of carbonyl (C=O) groups excluding carboxylic acids is 1. The number of ether oxygens (including phenoxy) is 1. The van der Waals surface area contributed by atoms with Crippen LogP contribution in [-0.2, 0) is 9.53 Å². The lowest BCUT2D eigenvalue weighted by Gasteiger charge is -2.17. The molecule has 0 saturated heterocycles. The summed E-state index contributed by atoms with van der Waals surface area (Å²) < 4.78 is 54.6. The number of allylic oxidation sites excluding steroid dienone is 1. The Balaban J connectivity index is 5.43. The van der Waals surface area contributed by atoms with Crippen LogP contribution >= 0.6 is 11.8 Å². The fourth-order valence-corrected chi connectivity index (χ4v) is 1.54. The molecule has 0 rings (SSSR count). The summed E-state index contributed by atoms with van der Waals surface area (Å²) in [6.45, 7) is 1.29. The Morgan fingerprint density at radius 1 is 1.44 bits per heavy atom. The van der Waals surface area contributed by atoms with Gasteiger partial charge in [0.2, 0.25) is 0 Å². The number of halogens is 4. The highest BCUT2D eigenvalue weighted by molar-refractivity contribution is 8.02. The van der Waals surface area contributed by atoms with Crippen molar-refractivity contribution < 1.29 is 27.2 Å². The van der Waals surface area contributed by atoms with E-state index >= 15 is 0 Å². The van der Waals surface area contributed by atoms with Gasteiger partial charge in [-0.15, -0.1) is 11.8 Å². The molecular weight excluding hydrogens is 250 g/mol. The first-order chi connectivity index (χ1) is 7.25. The van der Waals surface area contributed by atoms with E-state index in [4.69, 9.17) is 0 Å². The van der Waals surface area contributed by atoms with E-state index in [1.807, 2.05) is 0 Å². The molecule has 94 valence electrons. The normalized spacial score (nSPS) is 13.2. The number of hydrogen-bond acceptors (Lipinski definition) is 4. The van der Waals surface area contributed by atoms with Crippen molar-refractivity contribution >= 4 is 17.7 Å². The quantitative estimate of drug-likeness (QED) is 0.336. The molecule has 0 aliphatic carbocycles. The summed E-state index contributed by atoms with van der Waals surface area (Å²) in [5, 5.41) is -0.392. The molecule has 0 amide bonds. The van der Waals surface area contributed by atoms with Crippen LogP contribution in [0.3, 0.4) is 0 Å². The molecule has 0 heterocycles. The Hall–Kier alpha value is -0.920. The molecule has 16 heavy (non-hydrogen) atoms. The number of rotatable bonds is 4. The van der Waals surface area contributed by atoms with Crippen molar-refractivity contribution in [1.29, 1.82) is 0 Å². The van der Waals surface area contributed by atoms with Gasteiger partial charge in [0.1, 0.15) is 4.91 Å². The van der Waals surface area contributed by atoms with Gasteiger partial charge in [-0.1, -0.05) is 4.48 Å². The molecule has 0 aliphatic rings. The molecule has 3 nitrogen and oxygen atoms in total. The minimum absolute atomic E-state index is 0.129.